The zero-order valence-corrected chi connectivity index (χ0v) is 12.0. The van der Waals surface area contributed by atoms with Crippen molar-refractivity contribution in [2.45, 2.75) is 51.3 Å². The Kier molecular flexibility index (Phi) is 7.37. The Labute approximate surface area is 117 Å². The molecule has 0 fully saturated rings. The number of aliphatic carboxylic acids is 1. The van der Waals surface area contributed by atoms with Crippen molar-refractivity contribution in [1.29, 1.82) is 0 Å². The SMILES string of the molecule is CCC(=C=O)C(N)C(N)(C(=O)O)C(=O)OC(C)(C)C.O. The van der Waals surface area contributed by atoms with Crippen LogP contribution in [0.5, 0.6) is 0 Å². The smallest absolute Gasteiger partial charge is 0.340 e. The van der Waals surface area contributed by atoms with Crippen molar-refractivity contribution in [2.24, 2.45) is 11.5 Å². The normalized spacial score (nSPS) is 15.1. The first-order valence-electron chi connectivity index (χ1n) is 5.75. The van der Waals surface area contributed by atoms with Gasteiger partial charge in [0.15, 0.2) is 0 Å². The van der Waals surface area contributed by atoms with Gasteiger partial charge >= 0.3 is 11.9 Å². The minimum atomic E-state index is -2.52. The number of carbonyl (C=O) groups excluding carboxylic acids is 2. The van der Waals surface area contributed by atoms with Crippen molar-refractivity contribution in [2.75, 3.05) is 0 Å². The summed E-state index contributed by atoms with van der Waals surface area (Å²) in [5.41, 5.74) is 7.69. The quantitative estimate of drug-likeness (QED) is 0.324. The van der Waals surface area contributed by atoms with Gasteiger partial charge in [-0.15, -0.1) is 0 Å². The second kappa shape index (κ2) is 7.16. The fraction of sp³-hybridized carbons (Fsp3) is 0.667. The molecule has 116 valence electrons. The van der Waals surface area contributed by atoms with Gasteiger partial charge in [-0.1, -0.05) is 6.92 Å². The van der Waals surface area contributed by atoms with Gasteiger partial charge in [0.05, 0.1) is 6.04 Å². The largest absolute Gasteiger partial charge is 0.479 e. The van der Waals surface area contributed by atoms with Crippen molar-refractivity contribution in [3.63, 3.8) is 0 Å². The van der Waals surface area contributed by atoms with Gasteiger partial charge in [-0.2, -0.15) is 0 Å². The fourth-order valence-corrected chi connectivity index (χ4v) is 1.34. The zero-order chi connectivity index (χ0) is 15.4. The molecule has 0 saturated heterocycles. The highest BCUT2D eigenvalue weighted by molar-refractivity contribution is 6.05. The van der Waals surface area contributed by atoms with Crippen molar-refractivity contribution >= 4 is 17.9 Å². The third-order valence-corrected chi connectivity index (χ3v) is 2.47. The van der Waals surface area contributed by atoms with E-state index in [1.54, 1.807) is 27.7 Å². The number of carboxylic acids is 1. The molecule has 0 heterocycles. The molecule has 0 rings (SSSR count). The van der Waals surface area contributed by atoms with E-state index in [-0.39, 0.29) is 17.5 Å². The van der Waals surface area contributed by atoms with Crippen LogP contribution in [0.3, 0.4) is 0 Å². The van der Waals surface area contributed by atoms with Crippen LogP contribution in [-0.2, 0) is 19.1 Å². The molecular weight excluding hydrogens is 268 g/mol. The van der Waals surface area contributed by atoms with Crippen LogP contribution in [0, 0.1) is 0 Å². The number of rotatable bonds is 5. The zero-order valence-electron chi connectivity index (χ0n) is 12.0. The monoisotopic (exact) mass is 290 g/mol. The molecule has 0 saturated carbocycles. The summed E-state index contributed by atoms with van der Waals surface area (Å²) in [5.74, 6) is -1.33. The number of carbonyl (C=O) groups is 2. The molecular formula is C12H22N2O6. The molecule has 20 heavy (non-hydrogen) atoms. The maximum Gasteiger partial charge on any atom is 0.340 e. The highest BCUT2D eigenvalue weighted by Crippen LogP contribution is 2.20. The Morgan fingerprint density at radius 3 is 2.05 bits per heavy atom. The molecule has 0 aromatic carbocycles. The lowest BCUT2D eigenvalue weighted by atomic mass is 9.85. The Morgan fingerprint density at radius 2 is 1.80 bits per heavy atom. The number of hydrogen-bond donors (Lipinski definition) is 3. The van der Waals surface area contributed by atoms with Gasteiger partial charge in [-0.3, -0.25) is 0 Å². The molecule has 0 aliphatic carbocycles. The topological polar surface area (TPSA) is 164 Å². The Hall–Kier alpha value is -1.73. The summed E-state index contributed by atoms with van der Waals surface area (Å²) < 4.78 is 4.96. The lowest BCUT2D eigenvalue weighted by Crippen LogP contribution is -2.67. The minimum Gasteiger partial charge on any atom is -0.479 e. The van der Waals surface area contributed by atoms with E-state index >= 15 is 0 Å². The van der Waals surface area contributed by atoms with Gasteiger partial charge in [-0.05, 0) is 27.2 Å². The van der Waals surface area contributed by atoms with E-state index in [4.69, 9.17) is 21.3 Å². The molecule has 2 atom stereocenters. The first-order chi connectivity index (χ1) is 8.50. The van der Waals surface area contributed by atoms with Gasteiger partial charge in [0.25, 0.3) is 0 Å². The highest BCUT2D eigenvalue weighted by atomic mass is 16.6. The van der Waals surface area contributed by atoms with Gasteiger partial charge in [0.2, 0.25) is 5.54 Å². The van der Waals surface area contributed by atoms with Crippen molar-refractivity contribution in [3.8, 4) is 0 Å². The third-order valence-electron chi connectivity index (χ3n) is 2.47. The molecule has 0 bridgehead atoms. The van der Waals surface area contributed by atoms with Crippen molar-refractivity contribution in [3.05, 3.63) is 5.57 Å². The van der Waals surface area contributed by atoms with E-state index < -0.39 is 29.1 Å². The van der Waals surface area contributed by atoms with E-state index in [0.29, 0.717) is 0 Å². The van der Waals surface area contributed by atoms with E-state index in [0.717, 1.165) is 0 Å². The van der Waals surface area contributed by atoms with Crippen LogP contribution in [0.25, 0.3) is 0 Å². The number of ether oxygens (including phenoxy) is 1. The summed E-state index contributed by atoms with van der Waals surface area (Å²) in [4.78, 5) is 33.9. The van der Waals surface area contributed by atoms with E-state index in [9.17, 15) is 14.4 Å². The molecule has 0 amide bonds. The fourth-order valence-electron chi connectivity index (χ4n) is 1.34. The summed E-state index contributed by atoms with van der Waals surface area (Å²) in [7, 11) is 0. The van der Waals surface area contributed by atoms with Crippen LogP contribution in [0.15, 0.2) is 5.57 Å². The summed E-state index contributed by atoms with van der Waals surface area (Å²) in [5, 5.41) is 9.16. The lowest BCUT2D eigenvalue weighted by molar-refractivity contribution is -0.169. The molecule has 0 aromatic rings. The molecule has 7 N–H and O–H groups in total. The second-order valence-corrected chi connectivity index (χ2v) is 5.13. The summed E-state index contributed by atoms with van der Waals surface area (Å²) >= 11 is 0. The Balaban J connectivity index is 0. The predicted molar refractivity (Wildman–Crippen MR) is 71.5 cm³/mol. The number of esters is 1. The summed E-state index contributed by atoms with van der Waals surface area (Å²) in [6.45, 7) is 6.27. The average Bonchev–Trinajstić information content (AvgIpc) is 2.26. The molecule has 0 aliphatic rings. The van der Waals surface area contributed by atoms with Crippen LogP contribution in [0.1, 0.15) is 34.1 Å². The van der Waals surface area contributed by atoms with Crippen LogP contribution < -0.4 is 11.5 Å². The van der Waals surface area contributed by atoms with Gasteiger partial charge in [0.1, 0.15) is 11.5 Å². The van der Waals surface area contributed by atoms with E-state index in [1.165, 1.54) is 5.94 Å². The maximum atomic E-state index is 11.9. The number of hydrogen-bond acceptors (Lipinski definition) is 6. The van der Waals surface area contributed by atoms with Crippen LogP contribution in [-0.4, -0.2) is 45.6 Å². The van der Waals surface area contributed by atoms with Crippen molar-refractivity contribution < 1.29 is 29.7 Å². The summed E-state index contributed by atoms with van der Waals surface area (Å²) in [6.07, 6.45) is 0.139. The molecule has 8 nitrogen and oxygen atoms in total. The third kappa shape index (κ3) is 4.43. The highest BCUT2D eigenvalue weighted by Gasteiger charge is 2.52. The molecule has 0 aliphatic heterocycles. The standard InChI is InChI=1S/C12H20N2O5.H2O/c1-5-7(6-15)8(13)12(14,9(16)17)10(18)19-11(2,3)4;/h8H,5,13-14H2,1-4H3,(H,16,17);1H2. The van der Waals surface area contributed by atoms with Gasteiger partial charge in [-0.25, -0.2) is 14.4 Å². The van der Waals surface area contributed by atoms with Crippen LogP contribution in [0.2, 0.25) is 0 Å². The van der Waals surface area contributed by atoms with Crippen LogP contribution in [0.4, 0.5) is 0 Å². The first-order valence-corrected chi connectivity index (χ1v) is 5.75. The molecule has 0 radical (unpaired) electrons. The average molecular weight is 290 g/mol. The number of carboxylic acid groups (broad SMARTS) is 1. The second-order valence-electron chi connectivity index (χ2n) is 5.13. The van der Waals surface area contributed by atoms with Crippen LogP contribution >= 0.6 is 0 Å². The Bertz CT molecular complexity index is 422. The van der Waals surface area contributed by atoms with Gasteiger partial charge < -0.3 is 26.8 Å². The molecule has 8 heteroatoms. The molecule has 0 aromatic heterocycles. The van der Waals surface area contributed by atoms with Gasteiger partial charge in [0, 0.05) is 5.57 Å². The molecule has 2 unspecified atom stereocenters. The minimum absolute atomic E-state index is 0. The molecule has 0 spiro atoms. The van der Waals surface area contributed by atoms with E-state index in [1.807, 2.05) is 0 Å². The Morgan fingerprint density at radius 1 is 1.35 bits per heavy atom. The maximum absolute atomic E-state index is 11.9. The summed E-state index contributed by atoms with van der Waals surface area (Å²) in [6, 6.07) is -1.50. The van der Waals surface area contributed by atoms with E-state index in [2.05, 4.69) is 0 Å². The lowest BCUT2D eigenvalue weighted by Gasteiger charge is -2.32. The van der Waals surface area contributed by atoms with Crippen molar-refractivity contribution in [1.82, 2.24) is 0 Å². The number of nitrogens with two attached hydrogens (primary N) is 2. The first kappa shape index (κ1) is 20.6. The predicted octanol–water partition coefficient (Wildman–Crippen LogP) is -1.22.